The summed E-state index contributed by atoms with van der Waals surface area (Å²) in [4.78, 5) is 15.5. The zero-order valence-corrected chi connectivity index (χ0v) is 30.2. The second-order valence-corrected chi connectivity index (χ2v) is 14.0. The second-order valence-electron chi connectivity index (χ2n) is 14.0. The lowest BCUT2D eigenvalue weighted by Gasteiger charge is -2.12. The molecule has 0 saturated heterocycles. The minimum Gasteiger partial charge on any atom is -0.454 e. The first kappa shape index (κ1) is 31.9. The third-order valence-electron chi connectivity index (χ3n) is 10.7. The summed E-state index contributed by atoms with van der Waals surface area (Å²) in [6, 6.07) is 67.5. The highest BCUT2D eigenvalue weighted by Crippen LogP contribution is 2.40. The molecule has 0 fully saturated rings. The van der Waals surface area contributed by atoms with Gasteiger partial charge in [0.05, 0.1) is 5.52 Å². The Morgan fingerprint density at radius 3 is 1.50 bits per heavy atom. The highest BCUT2D eigenvalue weighted by atomic mass is 16.3. The van der Waals surface area contributed by atoms with Gasteiger partial charge in [0.2, 0.25) is 5.95 Å². The monoisotopic (exact) mass is 716 g/mol. The number of para-hydroxylation sites is 2. The third-order valence-corrected chi connectivity index (χ3v) is 10.7. The number of hydrogen-bond donors (Lipinski definition) is 0. The van der Waals surface area contributed by atoms with Crippen molar-refractivity contribution in [1.29, 1.82) is 0 Å². The molecule has 0 bridgehead atoms. The van der Waals surface area contributed by atoms with Crippen molar-refractivity contribution in [3.8, 4) is 62.1 Å². The second kappa shape index (κ2) is 13.0. The van der Waals surface area contributed by atoms with Crippen molar-refractivity contribution in [2.24, 2.45) is 0 Å². The fourth-order valence-corrected chi connectivity index (χ4v) is 7.95. The van der Waals surface area contributed by atoms with Crippen molar-refractivity contribution in [3.63, 3.8) is 0 Å². The third kappa shape index (κ3) is 5.37. The molecular weight excluding hydrogens is 685 g/mol. The number of rotatable bonds is 6. The van der Waals surface area contributed by atoms with Crippen molar-refractivity contribution in [3.05, 3.63) is 194 Å². The number of furan rings is 1. The van der Waals surface area contributed by atoms with E-state index in [4.69, 9.17) is 19.4 Å². The van der Waals surface area contributed by atoms with Gasteiger partial charge in [-0.3, -0.25) is 4.57 Å². The summed E-state index contributed by atoms with van der Waals surface area (Å²) in [6.07, 6.45) is 0. The molecule has 11 rings (SSSR count). The average molecular weight is 717 g/mol. The molecule has 0 unspecified atom stereocenters. The molecule has 0 spiro atoms. The maximum Gasteiger partial charge on any atom is 0.238 e. The van der Waals surface area contributed by atoms with Gasteiger partial charge in [-0.15, -0.1) is 0 Å². The van der Waals surface area contributed by atoms with Gasteiger partial charge in [-0.1, -0.05) is 164 Å². The van der Waals surface area contributed by atoms with Gasteiger partial charge in [0.25, 0.3) is 0 Å². The number of benzene rings is 8. The molecule has 3 heterocycles. The van der Waals surface area contributed by atoms with Crippen LogP contribution in [0.1, 0.15) is 0 Å². The van der Waals surface area contributed by atoms with Crippen LogP contribution in [0.2, 0.25) is 0 Å². The van der Waals surface area contributed by atoms with Gasteiger partial charge in [0.15, 0.2) is 17.2 Å². The highest BCUT2D eigenvalue weighted by molar-refractivity contribution is 6.21. The van der Waals surface area contributed by atoms with Crippen LogP contribution < -0.4 is 0 Å². The van der Waals surface area contributed by atoms with Crippen LogP contribution in [-0.2, 0) is 0 Å². The topological polar surface area (TPSA) is 56.7 Å². The number of aromatic nitrogens is 4. The lowest BCUT2D eigenvalue weighted by Crippen LogP contribution is -2.06. The van der Waals surface area contributed by atoms with E-state index in [1.165, 1.54) is 22.3 Å². The van der Waals surface area contributed by atoms with Gasteiger partial charge < -0.3 is 4.42 Å². The van der Waals surface area contributed by atoms with Crippen LogP contribution in [-0.4, -0.2) is 19.5 Å². The molecule has 0 saturated carbocycles. The molecule has 0 aliphatic carbocycles. The summed E-state index contributed by atoms with van der Waals surface area (Å²) in [5.41, 5.74) is 12.4. The first-order valence-electron chi connectivity index (χ1n) is 18.8. The molecule has 3 aromatic heterocycles. The van der Waals surface area contributed by atoms with Gasteiger partial charge in [0.1, 0.15) is 11.1 Å². The Morgan fingerprint density at radius 1 is 0.339 bits per heavy atom. The maximum absolute atomic E-state index is 6.61. The Morgan fingerprint density at radius 2 is 0.821 bits per heavy atom. The Kier molecular flexibility index (Phi) is 7.42. The van der Waals surface area contributed by atoms with Gasteiger partial charge in [-0.05, 0) is 63.7 Å². The van der Waals surface area contributed by atoms with E-state index in [9.17, 15) is 0 Å². The Hall–Kier alpha value is -7.63. The fraction of sp³-hybridized carbons (Fsp3) is 0. The molecule has 0 atom stereocenters. The predicted octanol–water partition coefficient (Wildman–Crippen LogP) is 13.2. The SMILES string of the molecule is c1ccc(-c2cccc(-c3cccc(-c4ccc(-c5nc(-c6ccccc6)nc(-n6c7ccccc7c7ccc8c9ccccc9oc8c76)n5)cc4)c3)c2)cc1. The van der Waals surface area contributed by atoms with Crippen molar-refractivity contribution in [1.82, 2.24) is 19.5 Å². The zero-order chi connectivity index (χ0) is 37.0. The molecule has 0 aliphatic heterocycles. The van der Waals surface area contributed by atoms with Crippen molar-refractivity contribution < 1.29 is 4.42 Å². The van der Waals surface area contributed by atoms with E-state index >= 15 is 0 Å². The molecule has 8 aromatic carbocycles. The van der Waals surface area contributed by atoms with Crippen LogP contribution in [0.15, 0.2) is 199 Å². The van der Waals surface area contributed by atoms with Gasteiger partial charge >= 0.3 is 0 Å². The minimum atomic E-state index is 0.530. The summed E-state index contributed by atoms with van der Waals surface area (Å²) < 4.78 is 8.75. The van der Waals surface area contributed by atoms with E-state index in [0.717, 1.165) is 66.0 Å². The van der Waals surface area contributed by atoms with Crippen LogP contribution in [0.4, 0.5) is 0 Å². The average Bonchev–Trinajstić information content (AvgIpc) is 3.83. The van der Waals surface area contributed by atoms with Crippen LogP contribution in [0.25, 0.3) is 106 Å². The van der Waals surface area contributed by atoms with Crippen molar-refractivity contribution in [2.45, 2.75) is 0 Å². The van der Waals surface area contributed by atoms with Crippen molar-refractivity contribution in [2.75, 3.05) is 0 Å². The lowest BCUT2D eigenvalue weighted by molar-refractivity contribution is 0.670. The first-order chi connectivity index (χ1) is 27.7. The van der Waals surface area contributed by atoms with Crippen LogP contribution in [0, 0.1) is 0 Å². The van der Waals surface area contributed by atoms with Crippen LogP contribution in [0.3, 0.4) is 0 Å². The Bertz CT molecular complexity index is 3240. The number of fused-ring (bicyclic) bond motifs is 7. The first-order valence-corrected chi connectivity index (χ1v) is 18.8. The summed E-state index contributed by atoms with van der Waals surface area (Å²) >= 11 is 0. The predicted molar refractivity (Wildman–Crippen MR) is 229 cm³/mol. The summed E-state index contributed by atoms with van der Waals surface area (Å²) in [5, 5.41) is 4.31. The highest BCUT2D eigenvalue weighted by Gasteiger charge is 2.22. The summed E-state index contributed by atoms with van der Waals surface area (Å²) in [7, 11) is 0. The lowest BCUT2D eigenvalue weighted by atomic mass is 9.96. The standard InChI is InChI=1S/C51H32N4O/c1-3-13-33(14-4-1)37-17-11-19-39(31-37)40-20-12-18-38(32-40)34-25-27-36(28-26-34)50-52-49(35-15-5-2-6-16-35)53-51(54-50)55-45-23-9-7-21-41(45)43-29-30-44-42-22-8-10-24-46(42)56-48(44)47(43)55/h1-32H. The van der Waals surface area contributed by atoms with Gasteiger partial charge in [0, 0.05) is 32.7 Å². The molecule has 262 valence electrons. The van der Waals surface area contributed by atoms with E-state index in [2.05, 4.69) is 150 Å². The van der Waals surface area contributed by atoms with Gasteiger partial charge in [-0.2, -0.15) is 9.97 Å². The van der Waals surface area contributed by atoms with E-state index in [-0.39, 0.29) is 0 Å². The van der Waals surface area contributed by atoms with Gasteiger partial charge in [-0.25, -0.2) is 4.98 Å². The molecule has 0 amide bonds. The zero-order valence-electron chi connectivity index (χ0n) is 30.2. The van der Waals surface area contributed by atoms with E-state index in [1.807, 2.05) is 48.5 Å². The quantitative estimate of drug-likeness (QED) is 0.172. The number of nitrogens with zero attached hydrogens (tertiary/aromatic N) is 4. The molecule has 56 heavy (non-hydrogen) atoms. The summed E-state index contributed by atoms with van der Waals surface area (Å²) in [6.45, 7) is 0. The Balaban J connectivity index is 1.04. The molecule has 0 aliphatic rings. The van der Waals surface area contributed by atoms with Crippen LogP contribution in [0.5, 0.6) is 0 Å². The summed E-state index contributed by atoms with van der Waals surface area (Å²) in [5.74, 6) is 1.72. The van der Waals surface area contributed by atoms with E-state index in [1.54, 1.807) is 0 Å². The molecule has 5 heteroatoms. The molecule has 0 N–H and O–H groups in total. The maximum atomic E-state index is 6.61. The molecule has 0 radical (unpaired) electrons. The Labute approximate surface area is 322 Å². The normalized spacial score (nSPS) is 11.6. The smallest absolute Gasteiger partial charge is 0.238 e. The van der Waals surface area contributed by atoms with E-state index in [0.29, 0.717) is 17.6 Å². The van der Waals surface area contributed by atoms with E-state index < -0.39 is 0 Å². The molecule has 5 nitrogen and oxygen atoms in total. The van der Waals surface area contributed by atoms with Crippen LogP contribution >= 0.6 is 0 Å². The molecular formula is C51H32N4O. The number of hydrogen-bond acceptors (Lipinski definition) is 4. The molecule has 11 aromatic rings. The fourth-order valence-electron chi connectivity index (χ4n) is 7.95. The van der Waals surface area contributed by atoms with Crippen molar-refractivity contribution >= 4 is 43.7 Å². The largest absolute Gasteiger partial charge is 0.454 e. The minimum absolute atomic E-state index is 0.530.